The van der Waals surface area contributed by atoms with E-state index in [-0.39, 0.29) is 11.7 Å². The van der Waals surface area contributed by atoms with Gasteiger partial charge in [-0.05, 0) is 98.3 Å². The van der Waals surface area contributed by atoms with Crippen molar-refractivity contribution >= 4 is 56.4 Å². The number of rotatable bonds is 16. The first-order valence-corrected chi connectivity index (χ1v) is 21.3. The summed E-state index contributed by atoms with van der Waals surface area (Å²) in [5.74, 6) is -1.47. The predicted octanol–water partition coefficient (Wildman–Crippen LogP) is 8.02. The molecule has 1 amide bonds. The highest BCUT2D eigenvalue weighted by Gasteiger charge is 2.27. The highest BCUT2D eigenvalue weighted by Crippen LogP contribution is 2.31. The van der Waals surface area contributed by atoms with E-state index in [0.29, 0.717) is 36.0 Å². The fraction of sp³-hybridized carbons (Fsp3) is 0.262. The van der Waals surface area contributed by atoms with Crippen LogP contribution in [0.1, 0.15) is 22.3 Å². The molecule has 298 valence electrons. The number of benzene rings is 5. The van der Waals surface area contributed by atoms with Crippen LogP contribution in [0.4, 0.5) is 21.5 Å². The zero-order valence-corrected chi connectivity index (χ0v) is 34.0. The highest BCUT2D eigenvalue weighted by molar-refractivity contribution is 7.99. The zero-order chi connectivity index (χ0) is 40.5. The number of nitro benzene ring substituents is 1. The number of anilines is 2. The van der Waals surface area contributed by atoms with E-state index in [0.717, 1.165) is 48.3 Å². The standard InChI is InChI=1S/C42H44ClFN6O5S2/c1-47(2)21-20-33(29-56-35-9-4-3-5-10-35)45-40-19-17-36(27-41(40)50(52)53)57(54,55)46-42(51)38-18-16-34(26-39(38)44)49-24-22-48(23-25-49)28-31-8-6-7-11-37(31)30-12-14-32(43)15-13-30/h3-19,26-27,33,45H,20-25,28-29H2,1-2H3,(H,46,51)/t33-/m1/s1. The van der Waals surface area contributed by atoms with Gasteiger partial charge in [-0.15, -0.1) is 11.8 Å². The van der Waals surface area contributed by atoms with Crippen LogP contribution in [0.2, 0.25) is 5.02 Å². The molecule has 57 heavy (non-hydrogen) atoms. The number of carbonyl (C=O) groups is 1. The van der Waals surface area contributed by atoms with Gasteiger partial charge in [0.2, 0.25) is 0 Å². The molecule has 5 aromatic rings. The molecule has 11 nitrogen and oxygen atoms in total. The lowest BCUT2D eigenvalue weighted by atomic mass is 9.99. The third-order valence-electron chi connectivity index (χ3n) is 9.68. The minimum atomic E-state index is -4.61. The maximum absolute atomic E-state index is 15.5. The Kier molecular flexibility index (Phi) is 13.9. The number of nitrogens with zero attached hydrogens (tertiary/aromatic N) is 4. The van der Waals surface area contributed by atoms with Gasteiger partial charge in [0.05, 0.1) is 15.4 Å². The smallest absolute Gasteiger partial charge is 0.293 e. The first-order chi connectivity index (χ1) is 27.4. The Morgan fingerprint density at radius 3 is 2.32 bits per heavy atom. The van der Waals surface area contributed by atoms with E-state index in [9.17, 15) is 23.3 Å². The van der Waals surface area contributed by atoms with E-state index >= 15 is 4.39 Å². The van der Waals surface area contributed by atoms with Crippen molar-refractivity contribution in [3.63, 3.8) is 0 Å². The molecular formula is C42H44ClFN6O5S2. The lowest BCUT2D eigenvalue weighted by Gasteiger charge is -2.36. The van der Waals surface area contributed by atoms with Gasteiger partial charge in [-0.2, -0.15) is 0 Å². The molecule has 0 bridgehead atoms. The quantitative estimate of drug-likeness (QED) is 0.0574. The minimum Gasteiger partial charge on any atom is -0.376 e. The third kappa shape index (κ3) is 11.1. The number of carbonyl (C=O) groups excluding carboxylic acids is 1. The summed E-state index contributed by atoms with van der Waals surface area (Å²) in [6.07, 6.45) is 0.668. The molecule has 1 heterocycles. The van der Waals surface area contributed by atoms with E-state index < -0.39 is 42.8 Å². The summed E-state index contributed by atoms with van der Waals surface area (Å²) in [6, 6.07) is 33.1. The lowest BCUT2D eigenvalue weighted by Crippen LogP contribution is -2.46. The van der Waals surface area contributed by atoms with Crippen molar-refractivity contribution in [2.45, 2.75) is 28.8 Å². The molecule has 6 rings (SSSR count). The van der Waals surface area contributed by atoms with Crippen LogP contribution in [0.15, 0.2) is 125 Å². The Balaban J connectivity index is 1.08. The molecule has 0 aliphatic carbocycles. The first-order valence-electron chi connectivity index (χ1n) is 18.4. The number of hydrogen-bond acceptors (Lipinski definition) is 10. The molecule has 2 N–H and O–H groups in total. The Bertz CT molecular complexity index is 2290. The second-order valence-corrected chi connectivity index (χ2v) is 17.2. The summed E-state index contributed by atoms with van der Waals surface area (Å²) in [7, 11) is -0.736. The van der Waals surface area contributed by atoms with Crippen LogP contribution in [0.3, 0.4) is 0 Å². The topological polar surface area (TPSA) is 128 Å². The molecule has 0 unspecified atom stereocenters. The zero-order valence-electron chi connectivity index (χ0n) is 31.6. The molecule has 0 radical (unpaired) electrons. The second kappa shape index (κ2) is 19.0. The number of nitrogens with one attached hydrogen (secondary N) is 2. The van der Waals surface area contributed by atoms with Crippen molar-refractivity contribution < 1.29 is 22.5 Å². The maximum Gasteiger partial charge on any atom is 0.293 e. The van der Waals surface area contributed by atoms with Crippen molar-refractivity contribution in [1.29, 1.82) is 0 Å². The molecule has 0 aromatic heterocycles. The van der Waals surface area contributed by atoms with Crippen LogP contribution in [-0.2, 0) is 16.6 Å². The van der Waals surface area contributed by atoms with E-state index in [2.05, 4.69) is 22.3 Å². The number of amides is 1. The summed E-state index contributed by atoms with van der Waals surface area (Å²) in [5.41, 5.74) is 3.19. The number of piperazine rings is 1. The largest absolute Gasteiger partial charge is 0.376 e. The van der Waals surface area contributed by atoms with E-state index in [1.807, 2.05) is 95.3 Å². The van der Waals surface area contributed by atoms with Gasteiger partial charge in [0.1, 0.15) is 11.5 Å². The summed E-state index contributed by atoms with van der Waals surface area (Å²) >= 11 is 7.70. The van der Waals surface area contributed by atoms with Crippen LogP contribution in [-0.4, -0.2) is 87.7 Å². The molecule has 0 saturated carbocycles. The fourth-order valence-corrected chi connectivity index (χ4v) is 8.70. The van der Waals surface area contributed by atoms with Crippen LogP contribution in [0.5, 0.6) is 0 Å². The lowest BCUT2D eigenvalue weighted by molar-refractivity contribution is -0.384. The molecule has 15 heteroatoms. The Morgan fingerprint density at radius 2 is 1.63 bits per heavy atom. The summed E-state index contributed by atoms with van der Waals surface area (Å²) in [5, 5.41) is 16.1. The number of hydrogen-bond donors (Lipinski definition) is 2. The monoisotopic (exact) mass is 830 g/mol. The van der Waals surface area contributed by atoms with Gasteiger partial charge in [-0.3, -0.25) is 19.8 Å². The summed E-state index contributed by atoms with van der Waals surface area (Å²) in [4.78, 5) is 31.5. The average Bonchev–Trinajstić information content (AvgIpc) is 3.20. The van der Waals surface area contributed by atoms with E-state index in [1.165, 1.54) is 29.8 Å². The number of halogens is 2. The van der Waals surface area contributed by atoms with Gasteiger partial charge < -0.3 is 15.1 Å². The molecule has 0 spiro atoms. The van der Waals surface area contributed by atoms with Crippen LogP contribution < -0.4 is 14.9 Å². The normalized spacial score (nSPS) is 14.0. The molecular weight excluding hydrogens is 787 g/mol. The van der Waals surface area contributed by atoms with Gasteiger partial charge in [0, 0.05) is 66.2 Å². The van der Waals surface area contributed by atoms with E-state index in [1.54, 1.807) is 17.8 Å². The van der Waals surface area contributed by atoms with Crippen molar-refractivity contribution in [2.24, 2.45) is 0 Å². The number of thioether (sulfide) groups is 1. The molecule has 1 aliphatic rings. The second-order valence-electron chi connectivity index (χ2n) is 14.0. The van der Waals surface area contributed by atoms with Crippen molar-refractivity contribution in [2.75, 3.05) is 62.8 Å². The first kappa shape index (κ1) is 41.6. The summed E-state index contributed by atoms with van der Waals surface area (Å²) in [6.45, 7) is 4.14. The molecule has 1 atom stereocenters. The fourth-order valence-electron chi connectivity index (χ4n) is 6.59. The average molecular weight is 831 g/mol. The Morgan fingerprint density at radius 1 is 0.930 bits per heavy atom. The van der Waals surface area contributed by atoms with E-state index in [4.69, 9.17) is 11.6 Å². The molecule has 5 aromatic carbocycles. The van der Waals surface area contributed by atoms with Gasteiger partial charge in [-0.25, -0.2) is 17.5 Å². The minimum absolute atomic E-state index is 0.146. The highest BCUT2D eigenvalue weighted by atomic mass is 35.5. The molecule has 1 saturated heterocycles. The Hall–Kier alpha value is -4.99. The van der Waals surface area contributed by atoms with Crippen LogP contribution in [0.25, 0.3) is 11.1 Å². The van der Waals surface area contributed by atoms with Crippen molar-refractivity contribution in [3.05, 3.63) is 147 Å². The van der Waals surface area contributed by atoms with Gasteiger partial charge in [0.25, 0.3) is 21.6 Å². The van der Waals surface area contributed by atoms with Crippen molar-refractivity contribution in [1.82, 2.24) is 14.5 Å². The molecule has 1 fully saturated rings. The summed E-state index contributed by atoms with van der Waals surface area (Å²) < 4.78 is 44.0. The van der Waals surface area contributed by atoms with Crippen LogP contribution in [0, 0.1) is 15.9 Å². The molecule has 1 aliphatic heterocycles. The number of nitro groups is 1. The Labute approximate surface area is 342 Å². The van der Waals surface area contributed by atoms with Gasteiger partial charge in [-0.1, -0.05) is 66.2 Å². The van der Waals surface area contributed by atoms with Crippen molar-refractivity contribution in [3.8, 4) is 11.1 Å². The maximum atomic E-state index is 15.5. The third-order valence-corrected chi connectivity index (χ3v) is 12.4. The van der Waals surface area contributed by atoms with Gasteiger partial charge in [0.15, 0.2) is 0 Å². The van der Waals surface area contributed by atoms with Crippen LogP contribution >= 0.6 is 23.4 Å². The predicted molar refractivity (Wildman–Crippen MR) is 226 cm³/mol. The SMILES string of the molecule is CN(C)CC[C@H](CSc1ccccc1)Nc1ccc(S(=O)(=O)NC(=O)c2ccc(N3CCN(Cc4ccccc4-c4ccc(Cl)cc4)CC3)cc2F)cc1[N+](=O)[O-]. The van der Waals surface area contributed by atoms with Gasteiger partial charge >= 0.3 is 0 Å². The number of sulfonamides is 1.